The van der Waals surface area contributed by atoms with Gasteiger partial charge in [0.2, 0.25) is 0 Å². The Morgan fingerprint density at radius 2 is 1.57 bits per heavy atom. The van der Waals surface area contributed by atoms with Gasteiger partial charge in [-0.05, 0) is 12.1 Å². The Balaban J connectivity index is 2.69. The first kappa shape index (κ1) is 14.8. The maximum Gasteiger partial charge on any atom is 0.185 e. The second-order valence-electron chi connectivity index (χ2n) is 3.88. The summed E-state index contributed by atoms with van der Waals surface area (Å²) in [5.74, 6) is -2.37. The predicted octanol–water partition coefficient (Wildman–Crippen LogP) is 3.87. The minimum absolute atomic E-state index is 0.156. The van der Waals surface area contributed by atoms with Gasteiger partial charge in [-0.25, -0.2) is 8.78 Å². The second kappa shape index (κ2) is 6.25. The summed E-state index contributed by atoms with van der Waals surface area (Å²) in [6.45, 7) is 0. The number of nitriles is 2. The highest BCUT2D eigenvalue weighted by molar-refractivity contribution is 7.99. The molecule has 21 heavy (non-hydrogen) atoms. The molecule has 0 aliphatic carbocycles. The van der Waals surface area contributed by atoms with Crippen molar-refractivity contribution in [3.05, 3.63) is 53.1 Å². The van der Waals surface area contributed by atoms with Crippen molar-refractivity contribution in [1.82, 2.24) is 0 Å². The van der Waals surface area contributed by atoms with Crippen molar-refractivity contribution in [3.63, 3.8) is 0 Å². The predicted molar refractivity (Wildman–Crippen MR) is 72.9 cm³/mol. The Morgan fingerprint density at radius 1 is 1.00 bits per heavy atom. The highest BCUT2D eigenvalue weighted by atomic mass is 32.2. The smallest absolute Gasteiger partial charge is 0.185 e. The third-order valence-electron chi connectivity index (χ3n) is 2.68. The van der Waals surface area contributed by atoms with Crippen LogP contribution in [0.15, 0.2) is 40.1 Å². The molecule has 0 bridgehead atoms. The Morgan fingerprint density at radius 3 is 2.10 bits per heavy atom. The Bertz CT molecular complexity index is 760. The van der Waals surface area contributed by atoms with E-state index in [9.17, 15) is 8.78 Å². The molecule has 2 aromatic carbocycles. The second-order valence-corrected chi connectivity index (χ2v) is 4.96. The van der Waals surface area contributed by atoms with E-state index >= 15 is 0 Å². The van der Waals surface area contributed by atoms with E-state index in [0.717, 1.165) is 11.8 Å². The summed E-state index contributed by atoms with van der Waals surface area (Å²) < 4.78 is 33.5. The molecule has 6 heteroatoms. The number of rotatable bonds is 3. The summed E-state index contributed by atoms with van der Waals surface area (Å²) >= 11 is 0.928. The monoisotopic (exact) mass is 302 g/mol. The fraction of sp³-hybridized carbons (Fsp3) is 0.0667. The number of halogens is 2. The molecule has 0 saturated heterocycles. The molecular formula is C15H8F2N2OS. The lowest BCUT2D eigenvalue weighted by atomic mass is 10.1. The largest absolute Gasteiger partial charge is 0.492 e. The van der Waals surface area contributed by atoms with Crippen LogP contribution in [0.2, 0.25) is 0 Å². The van der Waals surface area contributed by atoms with Gasteiger partial charge >= 0.3 is 0 Å². The fourth-order valence-electron chi connectivity index (χ4n) is 1.74. The van der Waals surface area contributed by atoms with Gasteiger partial charge in [-0.2, -0.15) is 10.5 Å². The highest BCUT2D eigenvalue weighted by Gasteiger charge is 2.26. The van der Waals surface area contributed by atoms with Crippen molar-refractivity contribution < 1.29 is 13.5 Å². The van der Waals surface area contributed by atoms with Crippen LogP contribution in [0.3, 0.4) is 0 Å². The lowest BCUT2D eigenvalue weighted by molar-refractivity contribution is 0.368. The van der Waals surface area contributed by atoms with Gasteiger partial charge in [0.1, 0.15) is 23.3 Å². The molecule has 0 atom stereocenters. The molecule has 0 radical (unpaired) electrons. The van der Waals surface area contributed by atoms with Crippen molar-refractivity contribution in [1.29, 1.82) is 10.5 Å². The molecule has 0 saturated carbocycles. The van der Waals surface area contributed by atoms with Crippen LogP contribution in [0, 0.1) is 34.3 Å². The summed E-state index contributed by atoms with van der Waals surface area (Å²) in [6, 6.07) is 11.7. The molecule has 0 heterocycles. The molecule has 0 fully saturated rings. The van der Waals surface area contributed by atoms with Crippen molar-refractivity contribution in [2.45, 2.75) is 9.79 Å². The maximum absolute atomic E-state index is 14.4. The molecule has 3 nitrogen and oxygen atoms in total. The molecule has 0 aliphatic rings. The van der Waals surface area contributed by atoms with E-state index in [1.807, 2.05) is 0 Å². The summed E-state index contributed by atoms with van der Waals surface area (Å²) in [7, 11) is 1.18. The van der Waals surface area contributed by atoms with Crippen LogP contribution in [-0.2, 0) is 0 Å². The normalized spacial score (nSPS) is 9.76. The van der Waals surface area contributed by atoms with Crippen LogP contribution in [-0.4, -0.2) is 7.11 Å². The van der Waals surface area contributed by atoms with Crippen LogP contribution in [0.25, 0.3) is 0 Å². The number of nitrogens with zero attached hydrogens (tertiary/aromatic N) is 2. The van der Waals surface area contributed by atoms with E-state index < -0.39 is 22.8 Å². The SMILES string of the molecule is COc1c(F)c(C#N)c(C#N)c(F)c1Sc1ccccc1. The third-order valence-corrected chi connectivity index (χ3v) is 3.76. The molecule has 0 amide bonds. The minimum atomic E-state index is -1.03. The van der Waals surface area contributed by atoms with Gasteiger partial charge in [-0.15, -0.1) is 0 Å². The lowest BCUT2D eigenvalue weighted by Crippen LogP contribution is -2.02. The fourth-order valence-corrected chi connectivity index (χ4v) is 2.72. The standard InChI is InChI=1S/C15H8F2N2OS/c1-20-14-12(16)10(7-18)11(8-19)13(17)15(14)21-9-5-3-2-4-6-9/h2-6H,1H3. The van der Waals surface area contributed by atoms with Crippen LogP contribution >= 0.6 is 11.8 Å². The van der Waals surface area contributed by atoms with Gasteiger partial charge in [0.25, 0.3) is 0 Å². The van der Waals surface area contributed by atoms with Crippen LogP contribution < -0.4 is 4.74 Å². The Kier molecular flexibility index (Phi) is 4.42. The molecule has 2 rings (SSSR count). The van der Waals surface area contributed by atoms with E-state index in [1.165, 1.54) is 19.2 Å². The highest BCUT2D eigenvalue weighted by Crippen LogP contribution is 2.41. The summed E-state index contributed by atoms with van der Waals surface area (Å²) in [6.07, 6.45) is 0. The van der Waals surface area contributed by atoms with Gasteiger partial charge in [0.05, 0.1) is 12.0 Å². The average Bonchev–Trinajstić information content (AvgIpc) is 2.51. The zero-order valence-electron chi connectivity index (χ0n) is 10.9. The number of hydrogen-bond donors (Lipinski definition) is 0. The van der Waals surface area contributed by atoms with Crippen LogP contribution in [0.4, 0.5) is 8.78 Å². The zero-order valence-corrected chi connectivity index (χ0v) is 11.7. The topological polar surface area (TPSA) is 56.8 Å². The first-order chi connectivity index (χ1) is 10.1. The van der Waals surface area contributed by atoms with Crippen molar-refractivity contribution in [2.24, 2.45) is 0 Å². The van der Waals surface area contributed by atoms with Gasteiger partial charge < -0.3 is 4.74 Å². The quantitative estimate of drug-likeness (QED) is 0.863. The minimum Gasteiger partial charge on any atom is -0.492 e. The number of ether oxygens (including phenoxy) is 1. The molecule has 0 unspecified atom stereocenters. The molecular weight excluding hydrogens is 294 g/mol. The van der Waals surface area contributed by atoms with Gasteiger partial charge in [0.15, 0.2) is 17.4 Å². The van der Waals surface area contributed by atoms with Crippen molar-refractivity contribution in [2.75, 3.05) is 7.11 Å². The van der Waals surface area contributed by atoms with E-state index in [-0.39, 0.29) is 10.6 Å². The van der Waals surface area contributed by atoms with Gasteiger partial charge in [-0.1, -0.05) is 30.0 Å². The Labute approximate surface area is 124 Å². The van der Waals surface area contributed by atoms with E-state index in [1.54, 1.807) is 30.3 Å². The van der Waals surface area contributed by atoms with E-state index in [0.29, 0.717) is 4.90 Å². The number of hydrogen-bond acceptors (Lipinski definition) is 4. The summed E-state index contributed by atoms with van der Waals surface area (Å²) in [5, 5.41) is 17.8. The number of methoxy groups -OCH3 is 1. The van der Waals surface area contributed by atoms with Crippen LogP contribution in [0.5, 0.6) is 5.75 Å². The first-order valence-corrected chi connectivity index (χ1v) is 6.57. The third kappa shape index (κ3) is 2.67. The molecule has 104 valence electrons. The van der Waals surface area contributed by atoms with Crippen molar-refractivity contribution >= 4 is 11.8 Å². The van der Waals surface area contributed by atoms with Crippen LogP contribution in [0.1, 0.15) is 11.1 Å². The Hall–Kier alpha value is -2.57. The van der Waals surface area contributed by atoms with E-state index in [2.05, 4.69) is 0 Å². The molecule has 0 aliphatic heterocycles. The number of benzene rings is 2. The molecule has 2 aromatic rings. The molecule has 0 N–H and O–H groups in total. The molecule has 0 aromatic heterocycles. The van der Waals surface area contributed by atoms with Gasteiger partial charge in [0, 0.05) is 4.90 Å². The van der Waals surface area contributed by atoms with Crippen molar-refractivity contribution in [3.8, 4) is 17.9 Å². The summed E-state index contributed by atoms with van der Waals surface area (Å²) in [5.41, 5.74) is -1.27. The summed E-state index contributed by atoms with van der Waals surface area (Å²) in [4.78, 5) is 0.499. The lowest BCUT2D eigenvalue weighted by Gasteiger charge is -2.12. The average molecular weight is 302 g/mol. The maximum atomic E-state index is 14.4. The zero-order chi connectivity index (χ0) is 15.4. The van der Waals surface area contributed by atoms with E-state index in [4.69, 9.17) is 15.3 Å². The van der Waals surface area contributed by atoms with Gasteiger partial charge in [-0.3, -0.25) is 0 Å². The first-order valence-electron chi connectivity index (χ1n) is 5.76. The molecule has 0 spiro atoms.